The maximum absolute atomic E-state index is 13.3. The van der Waals surface area contributed by atoms with Gasteiger partial charge in [0, 0.05) is 26.2 Å². The van der Waals surface area contributed by atoms with Crippen LogP contribution in [0.1, 0.15) is 33.1 Å². The average Bonchev–Trinajstić information content (AvgIpc) is 2.85. The molecule has 0 bridgehead atoms. The van der Waals surface area contributed by atoms with Crippen molar-refractivity contribution in [3.05, 3.63) is 101 Å². The summed E-state index contributed by atoms with van der Waals surface area (Å²) >= 11 is 0. The number of ether oxygens (including phenoxy) is 1. The fourth-order valence-corrected chi connectivity index (χ4v) is 5.78. The molecule has 3 aromatic rings. The van der Waals surface area contributed by atoms with Gasteiger partial charge in [0.25, 0.3) is 0 Å². The van der Waals surface area contributed by atoms with Crippen molar-refractivity contribution in [3.63, 3.8) is 0 Å². The number of sulfonamides is 1. The van der Waals surface area contributed by atoms with Gasteiger partial charge in [0.05, 0.1) is 23.6 Å². The summed E-state index contributed by atoms with van der Waals surface area (Å²) in [5, 5.41) is 0. The number of nitrogens with zero attached hydrogens (tertiary/aromatic N) is 2. The van der Waals surface area contributed by atoms with Gasteiger partial charge in [-0.25, -0.2) is 13.2 Å². The van der Waals surface area contributed by atoms with Crippen molar-refractivity contribution in [3.8, 4) is 0 Å². The molecule has 1 aliphatic heterocycles. The molecule has 0 aromatic heterocycles. The Morgan fingerprint density at radius 1 is 0.848 bits per heavy atom. The predicted octanol–water partition coefficient (Wildman–Crippen LogP) is 3.88. The molecule has 0 aliphatic carbocycles. The van der Waals surface area contributed by atoms with E-state index in [1.54, 1.807) is 19.1 Å². The van der Waals surface area contributed by atoms with E-state index in [1.165, 1.54) is 28.6 Å². The van der Waals surface area contributed by atoms with Gasteiger partial charge in [-0.15, -0.1) is 0 Å². The van der Waals surface area contributed by atoms with Crippen LogP contribution in [-0.4, -0.2) is 56.9 Å². The Morgan fingerprint density at radius 2 is 1.39 bits per heavy atom. The monoisotopic (exact) mass is 464 g/mol. The van der Waals surface area contributed by atoms with Crippen LogP contribution >= 0.6 is 0 Å². The lowest BCUT2D eigenvalue weighted by Gasteiger charge is -2.39. The Kier molecular flexibility index (Phi) is 6.93. The molecule has 0 atom stereocenters. The van der Waals surface area contributed by atoms with Gasteiger partial charge in [-0.1, -0.05) is 66.7 Å². The maximum atomic E-state index is 13.3. The summed E-state index contributed by atoms with van der Waals surface area (Å²) in [5.41, 5.74) is 3.31. The van der Waals surface area contributed by atoms with Crippen molar-refractivity contribution in [2.24, 2.45) is 0 Å². The third kappa shape index (κ3) is 4.85. The Balaban J connectivity index is 1.56. The van der Waals surface area contributed by atoms with E-state index < -0.39 is 16.0 Å². The van der Waals surface area contributed by atoms with Crippen LogP contribution in [-0.2, 0) is 14.8 Å². The second kappa shape index (κ2) is 9.87. The smallest absolute Gasteiger partial charge is 0.338 e. The van der Waals surface area contributed by atoms with E-state index in [4.69, 9.17) is 4.74 Å². The molecule has 1 heterocycles. The second-order valence-corrected chi connectivity index (χ2v) is 10.1. The summed E-state index contributed by atoms with van der Waals surface area (Å²) in [7, 11) is -2.43. The van der Waals surface area contributed by atoms with Gasteiger partial charge in [-0.05, 0) is 35.7 Å². The molecule has 3 aromatic carbocycles. The van der Waals surface area contributed by atoms with E-state index in [0.29, 0.717) is 31.7 Å². The van der Waals surface area contributed by atoms with Gasteiger partial charge >= 0.3 is 5.97 Å². The summed E-state index contributed by atoms with van der Waals surface area (Å²) in [4.78, 5) is 14.5. The molecule has 0 amide bonds. The number of benzene rings is 3. The van der Waals surface area contributed by atoms with Gasteiger partial charge in [-0.3, -0.25) is 4.90 Å². The van der Waals surface area contributed by atoms with Crippen molar-refractivity contribution >= 4 is 16.0 Å². The topological polar surface area (TPSA) is 66.9 Å². The van der Waals surface area contributed by atoms with Gasteiger partial charge in [0.15, 0.2) is 0 Å². The van der Waals surface area contributed by atoms with Crippen molar-refractivity contribution in [1.29, 1.82) is 0 Å². The quantitative estimate of drug-likeness (QED) is 0.518. The van der Waals surface area contributed by atoms with Crippen LogP contribution < -0.4 is 0 Å². The first-order valence-corrected chi connectivity index (χ1v) is 12.4. The summed E-state index contributed by atoms with van der Waals surface area (Å²) in [6, 6.07) is 25.2. The largest absolute Gasteiger partial charge is 0.465 e. The number of carbonyl (C=O) groups is 1. The molecule has 1 saturated heterocycles. The number of methoxy groups -OCH3 is 1. The zero-order valence-corrected chi connectivity index (χ0v) is 19.7. The molecule has 4 rings (SSSR count). The van der Waals surface area contributed by atoms with Crippen molar-refractivity contribution in [1.82, 2.24) is 9.21 Å². The van der Waals surface area contributed by atoms with Crippen molar-refractivity contribution < 1.29 is 17.9 Å². The number of aryl methyl sites for hydroxylation is 1. The van der Waals surface area contributed by atoms with E-state index >= 15 is 0 Å². The summed E-state index contributed by atoms with van der Waals surface area (Å²) in [6.07, 6.45) is 0. The minimum Gasteiger partial charge on any atom is -0.465 e. The first kappa shape index (κ1) is 23.2. The van der Waals surface area contributed by atoms with Crippen LogP contribution in [0, 0.1) is 6.92 Å². The summed E-state index contributed by atoms with van der Waals surface area (Å²) in [6.45, 7) is 3.71. The molecule has 33 heavy (non-hydrogen) atoms. The first-order chi connectivity index (χ1) is 15.9. The van der Waals surface area contributed by atoms with Crippen LogP contribution in [0.5, 0.6) is 0 Å². The Hall–Kier alpha value is -3.00. The summed E-state index contributed by atoms with van der Waals surface area (Å²) in [5.74, 6) is -0.539. The molecule has 0 saturated carbocycles. The number of esters is 1. The third-order valence-electron chi connectivity index (χ3n) is 6.12. The molecule has 1 fully saturated rings. The normalized spacial score (nSPS) is 15.5. The first-order valence-electron chi connectivity index (χ1n) is 10.9. The highest BCUT2D eigenvalue weighted by Crippen LogP contribution is 2.30. The highest BCUT2D eigenvalue weighted by atomic mass is 32.2. The lowest BCUT2D eigenvalue weighted by Crippen LogP contribution is -2.49. The lowest BCUT2D eigenvalue weighted by molar-refractivity contribution is 0.0599. The number of carbonyl (C=O) groups excluding carboxylic acids is 1. The van der Waals surface area contributed by atoms with Crippen molar-refractivity contribution in [2.45, 2.75) is 17.9 Å². The van der Waals surface area contributed by atoms with Gasteiger partial charge in [0.2, 0.25) is 10.0 Å². The Bertz CT molecular complexity index is 1170. The minimum absolute atomic E-state index is 0.0579. The fraction of sp³-hybridized carbons (Fsp3) is 0.269. The van der Waals surface area contributed by atoms with E-state index in [2.05, 4.69) is 29.2 Å². The van der Waals surface area contributed by atoms with Crippen LogP contribution in [0.25, 0.3) is 0 Å². The zero-order chi connectivity index (χ0) is 23.4. The fourth-order valence-electron chi connectivity index (χ4n) is 4.33. The molecule has 1 aliphatic rings. The minimum atomic E-state index is -3.72. The Morgan fingerprint density at radius 3 is 1.91 bits per heavy atom. The van der Waals surface area contributed by atoms with Crippen LogP contribution in [0.2, 0.25) is 0 Å². The van der Waals surface area contributed by atoms with Gasteiger partial charge in [0.1, 0.15) is 0 Å². The van der Waals surface area contributed by atoms with Crippen LogP contribution in [0.15, 0.2) is 83.8 Å². The molecule has 0 spiro atoms. The number of hydrogen-bond acceptors (Lipinski definition) is 5. The highest BCUT2D eigenvalue weighted by Gasteiger charge is 2.32. The predicted molar refractivity (Wildman–Crippen MR) is 128 cm³/mol. The number of rotatable bonds is 6. The van der Waals surface area contributed by atoms with E-state index in [1.807, 2.05) is 36.4 Å². The maximum Gasteiger partial charge on any atom is 0.338 e. The molecular weight excluding hydrogens is 436 g/mol. The second-order valence-electron chi connectivity index (χ2n) is 8.13. The molecule has 6 nitrogen and oxygen atoms in total. The number of piperazine rings is 1. The van der Waals surface area contributed by atoms with E-state index in [0.717, 1.165) is 0 Å². The van der Waals surface area contributed by atoms with E-state index in [-0.39, 0.29) is 16.5 Å². The van der Waals surface area contributed by atoms with E-state index in [9.17, 15) is 13.2 Å². The average molecular weight is 465 g/mol. The summed E-state index contributed by atoms with van der Waals surface area (Å²) < 4.78 is 33.0. The standard InChI is InChI=1S/C26H28N2O4S/c1-20-13-14-23(19-24(20)26(29)32-2)33(30,31)28-17-15-27(16-18-28)25(21-9-5-3-6-10-21)22-11-7-4-8-12-22/h3-14,19,25H,15-18H2,1-2H3. The van der Waals surface area contributed by atoms with Crippen LogP contribution in [0.4, 0.5) is 0 Å². The molecule has 172 valence electrons. The molecule has 0 radical (unpaired) electrons. The van der Waals surface area contributed by atoms with Crippen molar-refractivity contribution in [2.75, 3.05) is 33.3 Å². The lowest BCUT2D eigenvalue weighted by atomic mass is 9.96. The van der Waals surface area contributed by atoms with Gasteiger partial charge in [-0.2, -0.15) is 4.31 Å². The number of hydrogen-bond donors (Lipinski definition) is 0. The van der Waals surface area contributed by atoms with Gasteiger partial charge < -0.3 is 4.74 Å². The molecular formula is C26H28N2O4S. The highest BCUT2D eigenvalue weighted by molar-refractivity contribution is 7.89. The third-order valence-corrected chi connectivity index (χ3v) is 8.02. The Labute approximate surface area is 195 Å². The molecule has 0 N–H and O–H groups in total. The molecule has 7 heteroatoms. The van der Waals surface area contributed by atoms with Crippen LogP contribution in [0.3, 0.4) is 0 Å². The molecule has 0 unspecified atom stereocenters. The zero-order valence-electron chi connectivity index (χ0n) is 18.8. The SMILES string of the molecule is COC(=O)c1cc(S(=O)(=O)N2CCN(C(c3ccccc3)c3ccccc3)CC2)ccc1C.